The SMILES string of the molecule is CCCCCCCCC/C=C/C(O)C(COC1OC(CO)C(O)C(O)C1O)NC(=O)CCCCCCCCCCCCCCCCCOC(=O)CCCCCCCCCCCCC. The Balaban J connectivity index is 2.10. The highest BCUT2D eigenvalue weighted by atomic mass is 16.7. The number of hydrogen-bond acceptors (Lipinski definition) is 10. The summed E-state index contributed by atoms with van der Waals surface area (Å²) in [5.41, 5.74) is 0. The van der Waals surface area contributed by atoms with Crippen LogP contribution in [0.25, 0.3) is 0 Å². The first-order chi connectivity index (χ1) is 30.7. The highest BCUT2D eigenvalue weighted by Gasteiger charge is 2.44. The van der Waals surface area contributed by atoms with E-state index in [-0.39, 0.29) is 18.5 Å². The number of hydrogen-bond donors (Lipinski definition) is 6. The smallest absolute Gasteiger partial charge is 0.305 e. The average Bonchev–Trinajstić information content (AvgIpc) is 3.28. The van der Waals surface area contributed by atoms with Gasteiger partial charge in [0.15, 0.2) is 6.29 Å². The molecule has 0 aromatic carbocycles. The third-order valence-electron chi connectivity index (χ3n) is 12.7. The molecule has 1 rings (SSSR count). The lowest BCUT2D eigenvalue weighted by atomic mass is 9.99. The third-order valence-corrected chi connectivity index (χ3v) is 12.7. The number of aliphatic hydroxyl groups excluding tert-OH is 5. The molecule has 1 aliphatic rings. The fourth-order valence-corrected chi connectivity index (χ4v) is 8.37. The summed E-state index contributed by atoms with van der Waals surface area (Å²) in [6.45, 7) is 4.28. The van der Waals surface area contributed by atoms with Crippen molar-refractivity contribution in [3.05, 3.63) is 12.2 Å². The first-order valence-corrected chi connectivity index (χ1v) is 26.5. The van der Waals surface area contributed by atoms with E-state index < -0.39 is 49.5 Å². The highest BCUT2D eigenvalue weighted by molar-refractivity contribution is 5.76. The van der Waals surface area contributed by atoms with Crippen LogP contribution in [-0.2, 0) is 23.8 Å². The normalized spacial score (nSPS) is 20.0. The number of nitrogens with one attached hydrogen (secondary N) is 1. The number of amides is 1. The van der Waals surface area contributed by atoms with Crippen molar-refractivity contribution < 1.29 is 49.3 Å². The quantitative estimate of drug-likeness (QED) is 0.0196. The number of ether oxygens (including phenoxy) is 3. The Bertz CT molecular complexity index is 1060. The van der Waals surface area contributed by atoms with Gasteiger partial charge in [0, 0.05) is 12.8 Å². The van der Waals surface area contributed by atoms with Crippen LogP contribution in [0.15, 0.2) is 12.2 Å². The number of unbranched alkanes of at least 4 members (excludes halogenated alkanes) is 31. The molecule has 1 fully saturated rings. The number of carbonyl (C=O) groups is 2. The second-order valence-electron chi connectivity index (χ2n) is 18.6. The molecule has 1 aliphatic heterocycles. The zero-order chi connectivity index (χ0) is 46.0. The number of allylic oxidation sites excluding steroid dienone is 1. The van der Waals surface area contributed by atoms with Gasteiger partial charge < -0.3 is 45.1 Å². The summed E-state index contributed by atoms with van der Waals surface area (Å²) >= 11 is 0. The topological polar surface area (TPSA) is 175 Å². The molecule has 11 heteroatoms. The van der Waals surface area contributed by atoms with Crippen LogP contribution in [0.3, 0.4) is 0 Å². The van der Waals surface area contributed by atoms with Crippen molar-refractivity contribution in [2.24, 2.45) is 0 Å². The minimum Gasteiger partial charge on any atom is -0.466 e. The summed E-state index contributed by atoms with van der Waals surface area (Å²) in [4.78, 5) is 25.0. The van der Waals surface area contributed by atoms with Crippen molar-refractivity contribution >= 4 is 11.9 Å². The lowest BCUT2D eigenvalue weighted by molar-refractivity contribution is -0.302. The molecule has 7 atom stereocenters. The van der Waals surface area contributed by atoms with Gasteiger partial charge in [0.05, 0.1) is 32.0 Å². The van der Waals surface area contributed by atoms with Crippen LogP contribution in [0.1, 0.15) is 245 Å². The monoisotopic (exact) mass is 898 g/mol. The van der Waals surface area contributed by atoms with Gasteiger partial charge in [-0.25, -0.2) is 0 Å². The van der Waals surface area contributed by atoms with E-state index in [0.717, 1.165) is 70.6 Å². The predicted octanol–water partition coefficient (Wildman–Crippen LogP) is 10.8. The zero-order valence-electron chi connectivity index (χ0n) is 40.6. The molecule has 11 nitrogen and oxygen atoms in total. The van der Waals surface area contributed by atoms with E-state index >= 15 is 0 Å². The van der Waals surface area contributed by atoms with Crippen molar-refractivity contribution in [3.63, 3.8) is 0 Å². The minimum absolute atomic E-state index is 0.0191. The van der Waals surface area contributed by atoms with E-state index in [2.05, 4.69) is 19.2 Å². The summed E-state index contributed by atoms with van der Waals surface area (Å²) in [6.07, 6.45) is 37.2. The van der Waals surface area contributed by atoms with Gasteiger partial charge in [-0.2, -0.15) is 0 Å². The molecule has 0 saturated carbocycles. The molecule has 1 heterocycles. The number of esters is 1. The van der Waals surface area contributed by atoms with E-state index in [0.29, 0.717) is 19.4 Å². The minimum atomic E-state index is -1.57. The van der Waals surface area contributed by atoms with E-state index in [1.54, 1.807) is 6.08 Å². The van der Waals surface area contributed by atoms with Gasteiger partial charge in [-0.3, -0.25) is 9.59 Å². The molecule has 7 unspecified atom stereocenters. The second kappa shape index (κ2) is 43.0. The number of aliphatic hydroxyl groups is 5. The van der Waals surface area contributed by atoms with Crippen LogP contribution in [0.4, 0.5) is 0 Å². The Morgan fingerprint density at radius 3 is 1.48 bits per heavy atom. The van der Waals surface area contributed by atoms with Crippen molar-refractivity contribution in [3.8, 4) is 0 Å². The molecular formula is C52H99NO10. The van der Waals surface area contributed by atoms with E-state index in [1.165, 1.54) is 148 Å². The standard InChI is InChI=1S/C52H99NO10/c1-3-5-7-9-11-13-19-24-28-32-36-40-48(57)61-41-37-33-29-25-21-18-16-14-15-17-20-23-27-31-35-39-47(56)53-44(45(55)38-34-30-26-22-12-10-8-6-4-2)43-62-52-51(60)50(59)49(58)46(42-54)63-52/h34,38,44-46,49-52,54-55,58-60H,3-33,35-37,39-43H2,1-2H3,(H,53,56)/b38-34+. The van der Waals surface area contributed by atoms with Crippen LogP contribution in [-0.4, -0.2) is 100 Å². The zero-order valence-corrected chi connectivity index (χ0v) is 40.6. The van der Waals surface area contributed by atoms with Crippen molar-refractivity contribution in [1.82, 2.24) is 5.32 Å². The largest absolute Gasteiger partial charge is 0.466 e. The van der Waals surface area contributed by atoms with Gasteiger partial charge in [-0.05, 0) is 32.1 Å². The van der Waals surface area contributed by atoms with Crippen molar-refractivity contribution in [2.45, 2.75) is 288 Å². The molecule has 0 spiro atoms. The van der Waals surface area contributed by atoms with Gasteiger partial charge in [0.2, 0.25) is 5.91 Å². The summed E-state index contributed by atoms with van der Waals surface area (Å²) in [5, 5.41) is 54.1. The molecule has 0 aromatic rings. The van der Waals surface area contributed by atoms with Gasteiger partial charge in [0.1, 0.15) is 24.4 Å². The fraction of sp³-hybridized carbons (Fsp3) is 0.923. The maximum atomic E-state index is 13.0. The maximum absolute atomic E-state index is 13.0. The van der Waals surface area contributed by atoms with Crippen molar-refractivity contribution in [2.75, 3.05) is 19.8 Å². The molecule has 0 bridgehead atoms. The van der Waals surface area contributed by atoms with Gasteiger partial charge >= 0.3 is 5.97 Å². The van der Waals surface area contributed by atoms with Gasteiger partial charge in [-0.1, -0.05) is 212 Å². The van der Waals surface area contributed by atoms with Gasteiger partial charge in [0.25, 0.3) is 0 Å². The Labute approximate surface area is 385 Å². The number of carbonyl (C=O) groups excluding carboxylic acids is 2. The van der Waals surface area contributed by atoms with Crippen LogP contribution in [0, 0.1) is 0 Å². The summed E-state index contributed by atoms with van der Waals surface area (Å²) in [6, 6.07) is -0.813. The van der Waals surface area contributed by atoms with Crippen LogP contribution in [0.5, 0.6) is 0 Å². The highest BCUT2D eigenvalue weighted by Crippen LogP contribution is 2.23. The average molecular weight is 898 g/mol. The first-order valence-electron chi connectivity index (χ1n) is 26.5. The van der Waals surface area contributed by atoms with Crippen LogP contribution < -0.4 is 5.32 Å². The molecule has 372 valence electrons. The Kier molecular flexibility index (Phi) is 40.6. The summed E-state index contributed by atoms with van der Waals surface area (Å²) < 4.78 is 16.6. The first kappa shape index (κ1) is 59.4. The fourth-order valence-electron chi connectivity index (χ4n) is 8.37. The maximum Gasteiger partial charge on any atom is 0.305 e. The lowest BCUT2D eigenvalue weighted by Crippen LogP contribution is -2.60. The molecule has 6 N–H and O–H groups in total. The molecule has 0 aromatic heterocycles. The Hall–Kier alpha value is -1.60. The second-order valence-corrected chi connectivity index (χ2v) is 18.6. The summed E-state index contributed by atoms with van der Waals surface area (Å²) in [7, 11) is 0. The van der Waals surface area contributed by atoms with Crippen molar-refractivity contribution in [1.29, 1.82) is 0 Å². The molecule has 0 aliphatic carbocycles. The molecule has 1 amide bonds. The predicted molar refractivity (Wildman–Crippen MR) is 255 cm³/mol. The van der Waals surface area contributed by atoms with E-state index in [9.17, 15) is 35.1 Å². The van der Waals surface area contributed by atoms with E-state index in [1.807, 2.05) is 6.08 Å². The Morgan fingerprint density at radius 2 is 1.00 bits per heavy atom. The molecule has 63 heavy (non-hydrogen) atoms. The van der Waals surface area contributed by atoms with E-state index in [4.69, 9.17) is 14.2 Å². The lowest BCUT2D eigenvalue weighted by Gasteiger charge is -2.40. The molecule has 1 saturated heterocycles. The van der Waals surface area contributed by atoms with Crippen LogP contribution in [0.2, 0.25) is 0 Å². The summed E-state index contributed by atoms with van der Waals surface area (Å²) in [5.74, 6) is -0.211. The number of rotatable bonds is 45. The third kappa shape index (κ3) is 33.5. The molecular weight excluding hydrogens is 799 g/mol. The molecule has 0 radical (unpaired) electrons. The van der Waals surface area contributed by atoms with Crippen LogP contribution >= 0.6 is 0 Å². The van der Waals surface area contributed by atoms with Gasteiger partial charge in [-0.15, -0.1) is 0 Å². The Morgan fingerprint density at radius 1 is 0.571 bits per heavy atom.